The molecule has 0 saturated carbocycles. The molecule has 1 rings (SSSR count). The maximum atomic E-state index is 11.6. The number of rotatable bonds is 8. The van der Waals surface area contributed by atoms with Gasteiger partial charge in [-0.05, 0) is 26.3 Å². The van der Waals surface area contributed by atoms with Crippen molar-refractivity contribution in [1.29, 1.82) is 0 Å². The molecule has 0 atom stereocenters. The van der Waals surface area contributed by atoms with Gasteiger partial charge in [-0.25, -0.2) is 9.97 Å². The summed E-state index contributed by atoms with van der Waals surface area (Å²) in [7, 11) is 0. The van der Waals surface area contributed by atoms with E-state index in [2.05, 4.69) is 22.2 Å². The van der Waals surface area contributed by atoms with Crippen LogP contribution >= 0.6 is 11.8 Å². The van der Waals surface area contributed by atoms with Crippen molar-refractivity contribution in [3.05, 3.63) is 17.5 Å². The van der Waals surface area contributed by atoms with E-state index in [9.17, 15) is 4.79 Å². The van der Waals surface area contributed by atoms with Gasteiger partial charge in [-0.3, -0.25) is 4.79 Å². The molecule has 1 N–H and O–H groups in total. The first-order chi connectivity index (χ1) is 9.11. The van der Waals surface area contributed by atoms with Crippen LogP contribution in [0.2, 0.25) is 0 Å². The zero-order chi connectivity index (χ0) is 14.1. The van der Waals surface area contributed by atoms with Gasteiger partial charge in [0.15, 0.2) is 5.16 Å². The van der Waals surface area contributed by atoms with Gasteiger partial charge in [0.25, 0.3) is 0 Å². The zero-order valence-corrected chi connectivity index (χ0v) is 12.8. The molecule has 0 spiro atoms. The highest BCUT2D eigenvalue weighted by Crippen LogP contribution is 2.13. The summed E-state index contributed by atoms with van der Waals surface area (Å²) in [5, 5.41) is 3.61. The van der Waals surface area contributed by atoms with Crippen LogP contribution in [0.1, 0.15) is 44.0 Å². The van der Waals surface area contributed by atoms with Crippen molar-refractivity contribution in [2.45, 2.75) is 51.6 Å². The number of aromatic nitrogens is 2. The monoisotopic (exact) mass is 281 g/mol. The van der Waals surface area contributed by atoms with E-state index in [1.54, 1.807) is 0 Å². The minimum absolute atomic E-state index is 0.0595. The molecular formula is C14H23N3OS. The number of hydrogen-bond donors (Lipinski definition) is 1. The second-order valence-corrected chi connectivity index (χ2v) is 5.58. The lowest BCUT2D eigenvalue weighted by Crippen LogP contribution is -2.26. The van der Waals surface area contributed by atoms with Gasteiger partial charge in [-0.15, -0.1) is 0 Å². The molecule has 0 aliphatic rings. The molecule has 1 aromatic heterocycles. The number of amides is 1. The lowest BCUT2D eigenvalue weighted by atomic mass is 10.2. The second-order valence-electron chi connectivity index (χ2n) is 4.63. The number of aryl methyl sites for hydroxylation is 2. The Hall–Kier alpha value is -1.10. The summed E-state index contributed by atoms with van der Waals surface area (Å²) >= 11 is 1.39. The fraction of sp³-hybridized carbons (Fsp3) is 0.643. The standard InChI is InChI=1S/C14H23N3OS/c1-4-5-6-7-8-15-13(18)10-19-14-16-11(2)9-12(3)17-14/h9H,4-8,10H2,1-3H3,(H,15,18). The Labute approximate surface area is 119 Å². The SMILES string of the molecule is CCCCCCNC(=O)CSc1nc(C)cc(C)n1. The Morgan fingerprint density at radius 1 is 1.21 bits per heavy atom. The first-order valence-electron chi connectivity index (χ1n) is 6.83. The molecule has 0 fully saturated rings. The van der Waals surface area contributed by atoms with Gasteiger partial charge < -0.3 is 5.32 Å². The van der Waals surface area contributed by atoms with E-state index in [0.29, 0.717) is 10.9 Å². The van der Waals surface area contributed by atoms with E-state index in [1.165, 1.54) is 31.0 Å². The van der Waals surface area contributed by atoms with Crippen molar-refractivity contribution in [3.63, 3.8) is 0 Å². The highest BCUT2D eigenvalue weighted by Gasteiger charge is 2.05. The highest BCUT2D eigenvalue weighted by molar-refractivity contribution is 7.99. The molecule has 4 nitrogen and oxygen atoms in total. The quantitative estimate of drug-likeness (QED) is 0.452. The maximum absolute atomic E-state index is 11.6. The summed E-state index contributed by atoms with van der Waals surface area (Å²) in [6.07, 6.45) is 4.70. The van der Waals surface area contributed by atoms with E-state index in [4.69, 9.17) is 0 Å². The van der Waals surface area contributed by atoms with Crippen LogP contribution in [0.4, 0.5) is 0 Å². The third kappa shape index (κ3) is 7.15. The summed E-state index contributed by atoms with van der Waals surface area (Å²) in [6.45, 7) is 6.82. The molecule has 0 saturated heterocycles. The average molecular weight is 281 g/mol. The first-order valence-corrected chi connectivity index (χ1v) is 7.82. The number of nitrogens with zero attached hydrogens (tertiary/aromatic N) is 2. The number of hydrogen-bond acceptors (Lipinski definition) is 4. The molecule has 0 bridgehead atoms. The van der Waals surface area contributed by atoms with E-state index < -0.39 is 0 Å². The Morgan fingerprint density at radius 3 is 2.53 bits per heavy atom. The van der Waals surface area contributed by atoms with Crippen LogP contribution in [0.3, 0.4) is 0 Å². The van der Waals surface area contributed by atoms with Gasteiger partial charge in [0.05, 0.1) is 5.75 Å². The summed E-state index contributed by atoms with van der Waals surface area (Å²) in [5.74, 6) is 0.445. The van der Waals surface area contributed by atoms with Crippen LogP contribution in [0.25, 0.3) is 0 Å². The van der Waals surface area contributed by atoms with E-state index in [1.807, 2.05) is 19.9 Å². The lowest BCUT2D eigenvalue weighted by molar-refractivity contribution is -0.118. The van der Waals surface area contributed by atoms with Crippen LogP contribution in [0.15, 0.2) is 11.2 Å². The summed E-state index contributed by atoms with van der Waals surface area (Å²) in [5.41, 5.74) is 1.88. The molecule has 1 amide bonds. The minimum Gasteiger partial charge on any atom is -0.355 e. The smallest absolute Gasteiger partial charge is 0.230 e. The lowest BCUT2D eigenvalue weighted by Gasteiger charge is -2.05. The molecule has 106 valence electrons. The Bertz CT molecular complexity index is 389. The first kappa shape index (κ1) is 16.0. The van der Waals surface area contributed by atoms with Crippen molar-refractivity contribution < 1.29 is 4.79 Å². The molecule has 0 radical (unpaired) electrons. The predicted octanol–water partition coefficient (Wildman–Crippen LogP) is 2.88. The molecule has 19 heavy (non-hydrogen) atoms. The van der Waals surface area contributed by atoms with Gasteiger partial charge in [0.1, 0.15) is 0 Å². The van der Waals surface area contributed by atoms with Crippen molar-refractivity contribution in [2.24, 2.45) is 0 Å². The van der Waals surface area contributed by atoms with Gasteiger partial charge in [0.2, 0.25) is 5.91 Å². The van der Waals surface area contributed by atoms with Crippen LogP contribution < -0.4 is 5.32 Å². The third-order valence-corrected chi connectivity index (χ3v) is 3.49. The number of carbonyl (C=O) groups is 1. The van der Waals surface area contributed by atoms with Gasteiger partial charge in [-0.1, -0.05) is 37.9 Å². The number of thioether (sulfide) groups is 1. The Kier molecular flexibility index (Phi) is 7.48. The second kappa shape index (κ2) is 8.91. The van der Waals surface area contributed by atoms with Crippen molar-refractivity contribution >= 4 is 17.7 Å². The molecule has 0 unspecified atom stereocenters. The topological polar surface area (TPSA) is 54.9 Å². The highest BCUT2D eigenvalue weighted by atomic mass is 32.2. The largest absolute Gasteiger partial charge is 0.355 e. The molecular weight excluding hydrogens is 258 g/mol. The summed E-state index contributed by atoms with van der Waals surface area (Å²) < 4.78 is 0. The van der Waals surface area contributed by atoms with Crippen molar-refractivity contribution in [3.8, 4) is 0 Å². The molecule has 1 heterocycles. The fourth-order valence-corrected chi connectivity index (χ4v) is 2.50. The summed E-state index contributed by atoms with van der Waals surface area (Å²) in [6, 6.07) is 1.93. The molecule has 0 aliphatic heterocycles. The molecule has 0 aromatic carbocycles. The van der Waals surface area contributed by atoms with E-state index >= 15 is 0 Å². The maximum Gasteiger partial charge on any atom is 0.230 e. The van der Waals surface area contributed by atoms with Gasteiger partial charge in [0, 0.05) is 17.9 Å². The minimum atomic E-state index is 0.0595. The normalized spacial score (nSPS) is 10.5. The fourth-order valence-electron chi connectivity index (χ4n) is 1.72. The molecule has 5 heteroatoms. The Morgan fingerprint density at radius 2 is 1.89 bits per heavy atom. The molecule has 1 aromatic rings. The van der Waals surface area contributed by atoms with E-state index in [0.717, 1.165) is 24.4 Å². The Balaban J connectivity index is 2.22. The van der Waals surface area contributed by atoms with E-state index in [-0.39, 0.29) is 5.91 Å². The number of carbonyl (C=O) groups excluding carboxylic acids is 1. The number of unbranched alkanes of at least 4 members (excludes halogenated alkanes) is 3. The van der Waals surface area contributed by atoms with Crippen molar-refractivity contribution in [1.82, 2.24) is 15.3 Å². The van der Waals surface area contributed by atoms with Crippen molar-refractivity contribution in [2.75, 3.05) is 12.3 Å². The number of nitrogens with one attached hydrogen (secondary N) is 1. The summed E-state index contributed by atoms with van der Waals surface area (Å²) in [4.78, 5) is 20.2. The average Bonchev–Trinajstić information content (AvgIpc) is 2.35. The predicted molar refractivity (Wildman–Crippen MR) is 79.4 cm³/mol. The zero-order valence-electron chi connectivity index (χ0n) is 12.0. The van der Waals surface area contributed by atoms with Crippen LogP contribution in [0, 0.1) is 13.8 Å². The van der Waals surface area contributed by atoms with Gasteiger partial charge >= 0.3 is 0 Å². The van der Waals surface area contributed by atoms with Crippen LogP contribution in [-0.2, 0) is 4.79 Å². The third-order valence-electron chi connectivity index (χ3n) is 2.65. The van der Waals surface area contributed by atoms with Crippen LogP contribution in [-0.4, -0.2) is 28.2 Å². The van der Waals surface area contributed by atoms with Crippen LogP contribution in [0.5, 0.6) is 0 Å². The van der Waals surface area contributed by atoms with Gasteiger partial charge in [-0.2, -0.15) is 0 Å². The molecule has 0 aliphatic carbocycles.